The van der Waals surface area contributed by atoms with E-state index in [1.54, 1.807) is 0 Å². The van der Waals surface area contributed by atoms with E-state index in [9.17, 15) is 9.90 Å². The van der Waals surface area contributed by atoms with E-state index >= 15 is 0 Å². The van der Waals surface area contributed by atoms with E-state index in [-0.39, 0.29) is 6.54 Å². The number of hydrogen-bond donors (Lipinski definition) is 3. The van der Waals surface area contributed by atoms with Crippen molar-refractivity contribution in [3.63, 3.8) is 0 Å². The summed E-state index contributed by atoms with van der Waals surface area (Å²) in [5.74, 6) is -0.164. The Labute approximate surface area is 98.1 Å². The summed E-state index contributed by atoms with van der Waals surface area (Å²) in [6.45, 7) is 0.0481. The molecule has 6 heteroatoms. The quantitative estimate of drug-likeness (QED) is 0.684. The molecule has 0 aliphatic carbocycles. The second-order valence-electron chi connectivity index (χ2n) is 3.78. The summed E-state index contributed by atoms with van der Waals surface area (Å²) < 4.78 is 1.85. The van der Waals surface area contributed by atoms with Gasteiger partial charge in [-0.1, -0.05) is 12.1 Å². The van der Waals surface area contributed by atoms with E-state index in [2.05, 4.69) is 10.3 Å². The van der Waals surface area contributed by atoms with Gasteiger partial charge in [-0.15, -0.1) is 0 Å². The predicted molar refractivity (Wildman–Crippen MR) is 64.4 cm³/mol. The molecule has 0 saturated carbocycles. The number of aliphatic hydroxyl groups is 1. The van der Waals surface area contributed by atoms with Crippen LogP contribution in [0.1, 0.15) is 0 Å². The van der Waals surface area contributed by atoms with Crippen LogP contribution >= 0.6 is 0 Å². The second kappa shape index (κ2) is 4.42. The van der Waals surface area contributed by atoms with Crippen molar-refractivity contribution in [3.05, 3.63) is 24.3 Å². The lowest BCUT2D eigenvalue weighted by molar-refractivity contribution is -0.125. The molecule has 1 heterocycles. The topological polar surface area (TPSA) is 93.2 Å². The van der Waals surface area contributed by atoms with Crippen molar-refractivity contribution in [2.24, 2.45) is 12.8 Å². The number of primary amides is 1. The molecule has 1 unspecified atom stereocenters. The van der Waals surface area contributed by atoms with Gasteiger partial charge in [0, 0.05) is 7.05 Å². The number of imidazole rings is 1. The summed E-state index contributed by atoms with van der Waals surface area (Å²) in [4.78, 5) is 15.0. The first-order chi connectivity index (χ1) is 8.09. The number of benzene rings is 1. The van der Waals surface area contributed by atoms with Crippen LogP contribution < -0.4 is 11.1 Å². The molecule has 6 nitrogen and oxygen atoms in total. The zero-order valence-corrected chi connectivity index (χ0v) is 9.42. The highest BCUT2D eigenvalue weighted by atomic mass is 16.3. The summed E-state index contributed by atoms with van der Waals surface area (Å²) in [5, 5.41) is 12.2. The van der Waals surface area contributed by atoms with Crippen molar-refractivity contribution >= 4 is 22.9 Å². The minimum absolute atomic E-state index is 0.0481. The van der Waals surface area contributed by atoms with Crippen LogP contribution in [0.2, 0.25) is 0 Å². The van der Waals surface area contributed by atoms with E-state index in [0.717, 1.165) is 11.0 Å². The van der Waals surface area contributed by atoms with Gasteiger partial charge in [-0.25, -0.2) is 4.98 Å². The van der Waals surface area contributed by atoms with Gasteiger partial charge in [-0.2, -0.15) is 0 Å². The number of aryl methyl sites for hydroxylation is 1. The van der Waals surface area contributed by atoms with Crippen LogP contribution in [0.15, 0.2) is 24.3 Å². The first-order valence-electron chi connectivity index (χ1n) is 5.22. The molecule has 1 aromatic carbocycles. The van der Waals surface area contributed by atoms with Gasteiger partial charge in [0.25, 0.3) is 0 Å². The summed E-state index contributed by atoms with van der Waals surface area (Å²) >= 11 is 0. The molecule has 1 atom stereocenters. The number of aliphatic hydroxyl groups excluding tert-OH is 1. The lowest BCUT2D eigenvalue weighted by atomic mass is 10.3. The van der Waals surface area contributed by atoms with Gasteiger partial charge >= 0.3 is 0 Å². The van der Waals surface area contributed by atoms with Crippen LogP contribution in [0.25, 0.3) is 11.0 Å². The van der Waals surface area contributed by atoms with Crippen LogP contribution in [-0.2, 0) is 11.8 Å². The average Bonchev–Trinajstić information content (AvgIpc) is 2.64. The highest BCUT2D eigenvalue weighted by Gasteiger charge is 2.12. The highest BCUT2D eigenvalue weighted by Crippen LogP contribution is 2.17. The Kier molecular flexibility index (Phi) is 2.97. The van der Waals surface area contributed by atoms with E-state index < -0.39 is 12.0 Å². The Balaban J connectivity index is 2.19. The molecule has 2 rings (SSSR count). The molecule has 0 spiro atoms. The lowest BCUT2D eigenvalue weighted by Gasteiger charge is -2.08. The van der Waals surface area contributed by atoms with Gasteiger partial charge in [0.15, 0.2) is 0 Å². The smallest absolute Gasteiger partial charge is 0.248 e. The largest absolute Gasteiger partial charge is 0.381 e. The maximum absolute atomic E-state index is 10.7. The summed E-state index contributed by atoms with van der Waals surface area (Å²) in [6, 6.07) is 7.66. The second-order valence-corrected chi connectivity index (χ2v) is 3.78. The normalized spacial score (nSPS) is 12.6. The molecule has 0 aliphatic rings. The van der Waals surface area contributed by atoms with Crippen molar-refractivity contribution in [2.75, 3.05) is 11.9 Å². The fourth-order valence-corrected chi connectivity index (χ4v) is 1.59. The van der Waals surface area contributed by atoms with Crippen LogP contribution in [0.4, 0.5) is 5.95 Å². The van der Waals surface area contributed by atoms with Crippen molar-refractivity contribution in [3.8, 4) is 0 Å². The fourth-order valence-electron chi connectivity index (χ4n) is 1.59. The minimum Gasteiger partial charge on any atom is -0.381 e. The first-order valence-corrected chi connectivity index (χ1v) is 5.22. The third kappa shape index (κ3) is 2.21. The zero-order valence-electron chi connectivity index (χ0n) is 9.42. The number of amides is 1. The average molecular weight is 234 g/mol. The standard InChI is InChI=1S/C11H14N4O2/c1-15-8-5-3-2-4-7(8)14-11(15)13-6-9(16)10(12)17/h2-5,9,16H,6H2,1H3,(H2,12,17)(H,13,14). The number of hydrogen-bond acceptors (Lipinski definition) is 4. The zero-order chi connectivity index (χ0) is 12.4. The molecular formula is C11H14N4O2. The molecule has 2 aromatic rings. The minimum atomic E-state index is -1.21. The highest BCUT2D eigenvalue weighted by molar-refractivity contribution is 5.80. The molecule has 0 saturated heterocycles. The fraction of sp³-hybridized carbons (Fsp3) is 0.273. The Hall–Kier alpha value is -2.08. The maximum atomic E-state index is 10.7. The van der Waals surface area contributed by atoms with Gasteiger partial charge in [-0.3, -0.25) is 4.79 Å². The number of fused-ring (bicyclic) bond motifs is 1. The molecule has 4 N–H and O–H groups in total. The number of para-hydroxylation sites is 2. The van der Waals surface area contributed by atoms with Gasteiger partial charge in [0.2, 0.25) is 11.9 Å². The van der Waals surface area contributed by atoms with Gasteiger partial charge in [0.05, 0.1) is 17.6 Å². The monoisotopic (exact) mass is 234 g/mol. The summed E-state index contributed by atoms with van der Waals surface area (Å²) in [6.07, 6.45) is -1.21. The van der Waals surface area contributed by atoms with E-state index in [4.69, 9.17) is 5.73 Å². The molecular weight excluding hydrogens is 220 g/mol. The maximum Gasteiger partial charge on any atom is 0.248 e. The van der Waals surface area contributed by atoms with Gasteiger partial charge in [0.1, 0.15) is 6.10 Å². The predicted octanol–water partition coefficient (Wildman–Crippen LogP) is -0.169. The van der Waals surface area contributed by atoms with Gasteiger partial charge in [-0.05, 0) is 12.1 Å². The van der Waals surface area contributed by atoms with E-state index in [1.165, 1.54) is 0 Å². The number of nitrogens with two attached hydrogens (primary N) is 1. The molecule has 1 aromatic heterocycles. The number of carbonyl (C=O) groups is 1. The molecule has 0 bridgehead atoms. The number of nitrogens with zero attached hydrogens (tertiary/aromatic N) is 2. The molecule has 90 valence electrons. The summed E-state index contributed by atoms with van der Waals surface area (Å²) in [5.41, 5.74) is 6.79. The third-order valence-electron chi connectivity index (χ3n) is 2.57. The molecule has 0 aliphatic heterocycles. The lowest BCUT2D eigenvalue weighted by Crippen LogP contribution is -2.34. The number of rotatable bonds is 4. The van der Waals surface area contributed by atoms with Crippen molar-refractivity contribution in [1.29, 1.82) is 0 Å². The van der Waals surface area contributed by atoms with Crippen LogP contribution in [0.3, 0.4) is 0 Å². The summed E-state index contributed by atoms with van der Waals surface area (Å²) in [7, 11) is 1.86. The number of anilines is 1. The molecule has 1 amide bonds. The Morgan fingerprint density at radius 3 is 2.94 bits per heavy atom. The number of nitrogens with one attached hydrogen (secondary N) is 1. The van der Waals surface area contributed by atoms with Crippen molar-refractivity contribution < 1.29 is 9.90 Å². The molecule has 17 heavy (non-hydrogen) atoms. The molecule has 0 radical (unpaired) electrons. The third-order valence-corrected chi connectivity index (χ3v) is 2.57. The van der Waals surface area contributed by atoms with Crippen LogP contribution in [0, 0.1) is 0 Å². The van der Waals surface area contributed by atoms with Crippen LogP contribution in [-0.4, -0.2) is 33.2 Å². The SMILES string of the molecule is Cn1c(NCC(O)C(N)=O)nc2ccccc21. The van der Waals surface area contributed by atoms with Crippen LogP contribution in [0.5, 0.6) is 0 Å². The Morgan fingerprint density at radius 2 is 2.29 bits per heavy atom. The molecule has 0 fully saturated rings. The van der Waals surface area contributed by atoms with Crippen molar-refractivity contribution in [2.45, 2.75) is 6.10 Å². The number of carbonyl (C=O) groups excluding carboxylic acids is 1. The van der Waals surface area contributed by atoms with E-state index in [1.807, 2.05) is 35.9 Å². The number of aromatic nitrogens is 2. The first kappa shape index (κ1) is 11.4. The van der Waals surface area contributed by atoms with E-state index in [0.29, 0.717) is 5.95 Å². The Morgan fingerprint density at radius 1 is 1.59 bits per heavy atom. The van der Waals surface area contributed by atoms with Gasteiger partial charge < -0.3 is 20.7 Å². The Bertz CT molecular complexity index is 549. The van der Waals surface area contributed by atoms with Crippen molar-refractivity contribution in [1.82, 2.24) is 9.55 Å².